The maximum atomic E-state index is 13.5. The lowest BCUT2D eigenvalue weighted by atomic mass is 10.3. The number of halogens is 1. The predicted octanol–water partition coefficient (Wildman–Crippen LogP) is 2.61. The molecule has 9 heteroatoms. The lowest BCUT2D eigenvalue weighted by Gasteiger charge is -2.10. The Balaban J connectivity index is 1.80. The molecule has 0 aliphatic carbocycles. The van der Waals surface area contributed by atoms with Crippen molar-refractivity contribution in [2.75, 3.05) is 6.61 Å². The second-order valence-electron chi connectivity index (χ2n) is 5.61. The van der Waals surface area contributed by atoms with Crippen LogP contribution in [0.1, 0.15) is 19.4 Å². The summed E-state index contributed by atoms with van der Waals surface area (Å²) < 4.78 is 24.0. The van der Waals surface area contributed by atoms with Crippen molar-refractivity contribution in [3.63, 3.8) is 0 Å². The quantitative estimate of drug-likeness (QED) is 0.571. The number of aromatic nitrogens is 1. The number of ether oxygens (including phenoxy) is 2. The number of carbonyl (C=O) groups excluding carboxylic acids is 1. The van der Waals surface area contributed by atoms with Gasteiger partial charge < -0.3 is 14.8 Å². The van der Waals surface area contributed by atoms with Crippen LogP contribution in [0.25, 0.3) is 0 Å². The molecule has 0 aliphatic heterocycles. The fourth-order valence-electron chi connectivity index (χ4n) is 1.95. The van der Waals surface area contributed by atoms with Gasteiger partial charge in [-0.25, -0.2) is 4.98 Å². The molecule has 0 radical (unpaired) electrons. The molecule has 0 saturated carbocycles. The van der Waals surface area contributed by atoms with Gasteiger partial charge in [0.15, 0.2) is 6.61 Å². The summed E-state index contributed by atoms with van der Waals surface area (Å²) in [6.45, 7) is 3.68. The Hall–Kier alpha value is -3.23. The van der Waals surface area contributed by atoms with E-state index in [1.165, 1.54) is 6.07 Å². The topological polar surface area (TPSA) is 104 Å². The fraction of sp³-hybridized carbons (Fsp3) is 0.294. The highest BCUT2D eigenvalue weighted by molar-refractivity contribution is 5.77. The maximum absolute atomic E-state index is 13.5. The molecule has 1 heterocycles. The summed E-state index contributed by atoms with van der Waals surface area (Å²) >= 11 is 0. The first-order valence-corrected chi connectivity index (χ1v) is 7.80. The van der Waals surface area contributed by atoms with E-state index in [1.54, 1.807) is 18.3 Å². The van der Waals surface area contributed by atoms with Gasteiger partial charge in [0.25, 0.3) is 5.91 Å². The SMILES string of the molecule is CC(C)Oc1ccc(CNC(=O)COc2ccc([N+](=O)[O-])c(F)c2)cn1. The Bertz CT molecular complexity index is 780. The van der Waals surface area contributed by atoms with Crippen LogP contribution in [0.2, 0.25) is 0 Å². The number of nitro groups is 1. The summed E-state index contributed by atoms with van der Waals surface area (Å²) in [6.07, 6.45) is 1.61. The van der Waals surface area contributed by atoms with E-state index < -0.39 is 22.3 Å². The summed E-state index contributed by atoms with van der Waals surface area (Å²) in [4.78, 5) is 25.6. The standard InChI is InChI=1S/C17H18FN3O5/c1-11(2)26-17-6-3-12(9-20-17)8-19-16(22)10-25-13-4-5-15(21(23)24)14(18)7-13/h3-7,9,11H,8,10H2,1-2H3,(H,19,22). The minimum absolute atomic E-state index is 0.0226. The summed E-state index contributed by atoms with van der Waals surface area (Å²) in [5, 5.41) is 13.2. The van der Waals surface area contributed by atoms with Crippen LogP contribution in [0.3, 0.4) is 0 Å². The van der Waals surface area contributed by atoms with Gasteiger partial charge in [-0.2, -0.15) is 4.39 Å². The van der Waals surface area contributed by atoms with Crippen molar-refractivity contribution in [2.24, 2.45) is 0 Å². The number of benzene rings is 1. The zero-order valence-corrected chi connectivity index (χ0v) is 14.3. The van der Waals surface area contributed by atoms with Gasteiger partial charge in [0.1, 0.15) is 5.75 Å². The fourth-order valence-corrected chi connectivity index (χ4v) is 1.95. The zero-order valence-electron chi connectivity index (χ0n) is 14.3. The van der Waals surface area contributed by atoms with Crippen LogP contribution in [-0.4, -0.2) is 28.5 Å². The Labute approximate surface area is 149 Å². The van der Waals surface area contributed by atoms with Crippen LogP contribution in [0.15, 0.2) is 36.5 Å². The Morgan fingerprint density at radius 3 is 2.69 bits per heavy atom. The number of carbonyl (C=O) groups is 1. The molecule has 0 saturated heterocycles. The number of pyridine rings is 1. The molecule has 1 aromatic carbocycles. The van der Waals surface area contributed by atoms with Crippen LogP contribution in [-0.2, 0) is 11.3 Å². The van der Waals surface area contributed by atoms with Crippen molar-refractivity contribution < 1.29 is 23.6 Å². The molecular weight excluding hydrogens is 345 g/mol. The first-order valence-electron chi connectivity index (χ1n) is 7.80. The van der Waals surface area contributed by atoms with Gasteiger partial charge in [0.2, 0.25) is 11.7 Å². The molecule has 2 rings (SSSR count). The number of rotatable bonds is 8. The summed E-state index contributed by atoms with van der Waals surface area (Å²) in [5.41, 5.74) is 0.120. The Morgan fingerprint density at radius 2 is 2.12 bits per heavy atom. The van der Waals surface area contributed by atoms with Gasteiger partial charge in [0.05, 0.1) is 11.0 Å². The highest BCUT2D eigenvalue weighted by atomic mass is 19.1. The van der Waals surface area contributed by atoms with E-state index in [1.807, 2.05) is 13.8 Å². The first-order chi connectivity index (χ1) is 12.3. The molecule has 0 atom stereocenters. The highest BCUT2D eigenvalue weighted by Gasteiger charge is 2.14. The van der Waals surface area contributed by atoms with Crippen molar-refractivity contribution in [3.05, 3.63) is 58.0 Å². The Kier molecular flexibility index (Phi) is 6.42. The number of nitro benzene ring substituents is 1. The van der Waals surface area contributed by atoms with Crippen molar-refractivity contribution in [1.82, 2.24) is 10.3 Å². The first kappa shape index (κ1) is 19.1. The highest BCUT2D eigenvalue weighted by Crippen LogP contribution is 2.22. The number of nitrogens with zero attached hydrogens (tertiary/aromatic N) is 2. The van der Waals surface area contributed by atoms with E-state index >= 15 is 0 Å². The molecule has 0 unspecified atom stereocenters. The predicted molar refractivity (Wildman–Crippen MR) is 90.4 cm³/mol. The van der Waals surface area contributed by atoms with E-state index in [0.717, 1.165) is 17.7 Å². The average molecular weight is 363 g/mol. The maximum Gasteiger partial charge on any atom is 0.305 e. The van der Waals surface area contributed by atoms with Crippen molar-refractivity contribution in [3.8, 4) is 11.6 Å². The second kappa shape index (κ2) is 8.75. The molecule has 2 aromatic rings. The summed E-state index contributed by atoms with van der Waals surface area (Å²) in [6, 6.07) is 6.55. The molecular formula is C17H18FN3O5. The average Bonchev–Trinajstić information content (AvgIpc) is 2.58. The lowest BCUT2D eigenvalue weighted by Crippen LogP contribution is -2.28. The second-order valence-corrected chi connectivity index (χ2v) is 5.61. The van der Waals surface area contributed by atoms with Crippen molar-refractivity contribution >= 4 is 11.6 Å². The molecule has 0 aliphatic rings. The third-order valence-corrected chi connectivity index (χ3v) is 3.13. The third-order valence-electron chi connectivity index (χ3n) is 3.13. The normalized spacial score (nSPS) is 10.5. The third kappa shape index (κ3) is 5.69. The molecule has 0 fully saturated rings. The van der Waals surface area contributed by atoms with Crippen LogP contribution in [0, 0.1) is 15.9 Å². The number of hydrogen-bond donors (Lipinski definition) is 1. The lowest BCUT2D eigenvalue weighted by molar-refractivity contribution is -0.387. The molecule has 26 heavy (non-hydrogen) atoms. The largest absolute Gasteiger partial charge is 0.484 e. The summed E-state index contributed by atoms with van der Waals surface area (Å²) in [5.74, 6) is -0.923. The molecule has 1 N–H and O–H groups in total. The van der Waals surface area contributed by atoms with E-state index in [0.29, 0.717) is 5.88 Å². The van der Waals surface area contributed by atoms with Gasteiger partial charge in [-0.1, -0.05) is 6.07 Å². The van der Waals surface area contributed by atoms with E-state index in [-0.39, 0.29) is 25.0 Å². The van der Waals surface area contributed by atoms with E-state index in [4.69, 9.17) is 9.47 Å². The van der Waals surface area contributed by atoms with Crippen LogP contribution < -0.4 is 14.8 Å². The molecule has 0 spiro atoms. The number of nitrogens with one attached hydrogen (secondary N) is 1. The molecule has 8 nitrogen and oxygen atoms in total. The van der Waals surface area contributed by atoms with E-state index in [2.05, 4.69) is 10.3 Å². The van der Waals surface area contributed by atoms with E-state index in [9.17, 15) is 19.3 Å². The minimum atomic E-state index is -1.03. The number of amides is 1. The summed E-state index contributed by atoms with van der Waals surface area (Å²) in [7, 11) is 0. The van der Waals surface area contributed by atoms with Crippen LogP contribution >= 0.6 is 0 Å². The van der Waals surface area contributed by atoms with Gasteiger partial charge in [-0.3, -0.25) is 14.9 Å². The minimum Gasteiger partial charge on any atom is -0.484 e. The Morgan fingerprint density at radius 1 is 1.35 bits per heavy atom. The van der Waals surface area contributed by atoms with Crippen LogP contribution in [0.5, 0.6) is 11.6 Å². The van der Waals surface area contributed by atoms with Gasteiger partial charge in [-0.15, -0.1) is 0 Å². The van der Waals surface area contributed by atoms with Crippen molar-refractivity contribution in [1.29, 1.82) is 0 Å². The molecule has 0 bridgehead atoms. The smallest absolute Gasteiger partial charge is 0.305 e. The van der Waals surface area contributed by atoms with Gasteiger partial charge >= 0.3 is 5.69 Å². The van der Waals surface area contributed by atoms with Gasteiger partial charge in [-0.05, 0) is 25.5 Å². The molecule has 1 aromatic heterocycles. The monoisotopic (exact) mass is 363 g/mol. The molecule has 1 amide bonds. The van der Waals surface area contributed by atoms with Crippen molar-refractivity contribution in [2.45, 2.75) is 26.5 Å². The van der Waals surface area contributed by atoms with Gasteiger partial charge in [0, 0.05) is 30.9 Å². The van der Waals surface area contributed by atoms with Crippen LogP contribution in [0.4, 0.5) is 10.1 Å². The molecule has 138 valence electrons. The zero-order chi connectivity index (χ0) is 19.1. The number of hydrogen-bond acceptors (Lipinski definition) is 6.